The molecule has 1 unspecified atom stereocenters. The van der Waals surface area contributed by atoms with E-state index >= 15 is 0 Å². The van der Waals surface area contributed by atoms with Gasteiger partial charge in [-0.2, -0.15) is 0 Å². The molecule has 0 aromatic rings. The molecule has 0 N–H and O–H groups in total. The van der Waals surface area contributed by atoms with Crippen LogP contribution in [-0.4, -0.2) is 37.2 Å². The van der Waals surface area contributed by atoms with Crippen molar-refractivity contribution in [3.8, 4) is 0 Å². The van der Waals surface area contributed by atoms with Gasteiger partial charge in [0.15, 0.2) is 6.10 Å². The van der Waals surface area contributed by atoms with Crippen LogP contribution in [0.2, 0.25) is 0 Å². The van der Waals surface area contributed by atoms with Crippen LogP contribution < -0.4 is 0 Å². The maximum Gasteiger partial charge on any atom is 0.306 e. The summed E-state index contributed by atoms with van der Waals surface area (Å²) in [4.78, 5) is 37.9. The van der Waals surface area contributed by atoms with Gasteiger partial charge >= 0.3 is 17.9 Å². The summed E-state index contributed by atoms with van der Waals surface area (Å²) < 4.78 is 16.8. The van der Waals surface area contributed by atoms with Gasteiger partial charge in [0.1, 0.15) is 13.2 Å². The Morgan fingerprint density at radius 2 is 0.485 bits per heavy atom. The molecule has 0 aromatic carbocycles. The number of unbranched alkanes of at least 4 members (excludes halogenated alkanes) is 44. The fraction of sp³-hybridized carbons (Fsp3) is 0.919. The zero-order valence-electron chi connectivity index (χ0n) is 46.2. The van der Waals surface area contributed by atoms with E-state index in [1.165, 1.54) is 250 Å². The van der Waals surface area contributed by atoms with Crippen LogP contribution in [-0.2, 0) is 28.6 Å². The van der Waals surface area contributed by atoms with Crippen molar-refractivity contribution in [3.05, 3.63) is 12.2 Å². The van der Waals surface area contributed by atoms with Crippen LogP contribution in [0.15, 0.2) is 12.2 Å². The molecule has 0 radical (unpaired) electrons. The zero-order valence-corrected chi connectivity index (χ0v) is 46.2. The smallest absolute Gasteiger partial charge is 0.306 e. The Balaban J connectivity index is 4.00. The molecule has 68 heavy (non-hydrogen) atoms. The second-order valence-electron chi connectivity index (χ2n) is 21.0. The molecular weight excluding hydrogens is 841 g/mol. The predicted molar refractivity (Wildman–Crippen MR) is 293 cm³/mol. The Hall–Kier alpha value is -1.85. The number of hydrogen-bond acceptors (Lipinski definition) is 6. The third kappa shape index (κ3) is 55.1. The van der Waals surface area contributed by atoms with E-state index in [2.05, 4.69) is 32.9 Å². The molecule has 0 fully saturated rings. The van der Waals surface area contributed by atoms with E-state index in [4.69, 9.17) is 14.2 Å². The lowest BCUT2D eigenvalue weighted by atomic mass is 10.0. The highest BCUT2D eigenvalue weighted by Crippen LogP contribution is 2.18. The molecule has 0 saturated heterocycles. The Bertz CT molecular complexity index is 1060. The normalized spacial score (nSPS) is 12.0. The number of carbonyl (C=O) groups is 3. The zero-order chi connectivity index (χ0) is 49.3. The van der Waals surface area contributed by atoms with Crippen molar-refractivity contribution in [1.29, 1.82) is 0 Å². The summed E-state index contributed by atoms with van der Waals surface area (Å²) in [6.45, 7) is 6.64. The van der Waals surface area contributed by atoms with Gasteiger partial charge in [0, 0.05) is 19.3 Å². The van der Waals surface area contributed by atoms with Gasteiger partial charge in [0.05, 0.1) is 0 Å². The van der Waals surface area contributed by atoms with Crippen LogP contribution in [0.1, 0.15) is 348 Å². The molecule has 0 rings (SSSR count). The van der Waals surface area contributed by atoms with Gasteiger partial charge in [-0.15, -0.1) is 0 Å². The highest BCUT2D eigenvalue weighted by Gasteiger charge is 2.19. The van der Waals surface area contributed by atoms with E-state index in [0.717, 1.165) is 57.8 Å². The van der Waals surface area contributed by atoms with Crippen LogP contribution in [0.5, 0.6) is 0 Å². The highest BCUT2D eigenvalue weighted by molar-refractivity contribution is 5.71. The number of ether oxygens (including phenoxy) is 3. The van der Waals surface area contributed by atoms with Gasteiger partial charge < -0.3 is 14.2 Å². The van der Waals surface area contributed by atoms with Crippen LogP contribution >= 0.6 is 0 Å². The first kappa shape index (κ1) is 66.2. The minimum Gasteiger partial charge on any atom is -0.462 e. The summed E-state index contributed by atoms with van der Waals surface area (Å²) in [5, 5.41) is 0. The van der Waals surface area contributed by atoms with Crippen molar-refractivity contribution in [2.24, 2.45) is 0 Å². The van der Waals surface area contributed by atoms with E-state index < -0.39 is 6.10 Å². The summed E-state index contributed by atoms with van der Waals surface area (Å²) in [5.74, 6) is -0.850. The number of hydrogen-bond donors (Lipinski definition) is 0. The van der Waals surface area contributed by atoms with Crippen molar-refractivity contribution in [2.75, 3.05) is 13.2 Å². The first-order chi connectivity index (χ1) is 33.5. The van der Waals surface area contributed by atoms with Crippen LogP contribution in [0.25, 0.3) is 0 Å². The standard InChI is InChI=1S/C62H118O6/c1-4-7-10-13-16-18-20-22-24-26-27-28-29-30-31-32-33-34-35-37-38-40-42-44-46-49-52-55-61(64)67-58-59(57-66-60(63)54-51-48-15-12-9-6-3)68-62(65)56-53-50-47-45-43-41-39-36-25-23-21-19-17-14-11-8-5-2/h26-27,59H,4-25,28-58H2,1-3H3/b27-26-. The molecule has 0 aliphatic heterocycles. The quantitative estimate of drug-likeness (QED) is 0.0262. The van der Waals surface area contributed by atoms with Crippen molar-refractivity contribution in [3.63, 3.8) is 0 Å². The maximum atomic E-state index is 12.8. The van der Waals surface area contributed by atoms with Crippen LogP contribution in [0.4, 0.5) is 0 Å². The molecule has 0 aliphatic carbocycles. The first-order valence-electron chi connectivity index (χ1n) is 30.7. The van der Waals surface area contributed by atoms with Gasteiger partial charge in [0.2, 0.25) is 0 Å². The summed E-state index contributed by atoms with van der Waals surface area (Å²) in [7, 11) is 0. The summed E-state index contributed by atoms with van der Waals surface area (Å²) >= 11 is 0. The number of esters is 3. The van der Waals surface area contributed by atoms with Crippen molar-refractivity contribution in [1.82, 2.24) is 0 Å². The van der Waals surface area contributed by atoms with Crippen molar-refractivity contribution < 1.29 is 28.6 Å². The topological polar surface area (TPSA) is 78.9 Å². The van der Waals surface area contributed by atoms with Gasteiger partial charge in [-0.25, -0.2) is 0 Å². The van der Waals surface area contributed by atoms with Crippen molar-refractivity contribution in [2.45, 2.75) is 354 Å². The monoisotopic (exact) mass is 959 g/mol. The molecular formula is C62H118O6. The van der Waals surface area contributed by atoms with Gasteiger partial charge in [-0.05, 0) is 44.9 Å². The predicted octanol–water partition coefficient (Wildman–Crippen LogP) is 20.5. The average molecular weight is 960 g/mol. The highest BCUT2D eigenvalue weighted by atomic mass is 16.6. The molecule has 402 valence electrons. The fourth-order valence-electron chi connectivity index (χ4n) is 9.38. The number of carbonyl (C=O) groups excluding carboxylic acids is 3. The van der Waals surface area contributed by atoms with Gasteiger partial charge in [-0.1, -0.05) is 296 Å². The molecule has 1 atom stereocenters. The lowest BCUT2D eigenvalue weighted by Crippen LogP contribution is -2.30. The Kier molecular flexibility index (Phi) is 56.2. The summed E-state index contributed by atoms with van der Waals surface area (Å²) in [6, 6.07) is 0. The molecule has 6 nitrogen and oxygen atoms in total. The number of rotatable bonds is 57. The third-order valence-corrected chi connectivity index (χ3v) is 14.0. The second kappa shape index (κ2) is 57.7. The summed E-state index contributed by atoms with van der Waals surface area (Å²) in [6.07, 6.45) is 66.8. The molecule has 0 bridgehead atoms. The Morgan fingerprint density at radius 1 is 0.279 bits per heavy atom. The SMILES string of the molecule is CCCCCCCCCC/C=C\CCCCCCCCCCCCCCCCCC(=O)OCC(COC(=O)CCCCCCCC)OC(=O)CCCCCCCCCCCCCCCCCCC. The third-order valence-electron chi connectivity index (χ3n) is 14.0. The van der Waals surface area contributed by atoms with E-state index in [-0.39, 0.29) is 31.1 Å². The van der Waals surface area contributed by atoms with E-state index in [1.54, 1.807) is 0 Å². The Morgan fingerprint density at radius 3 is 0.735 bits per heavy atom. The second-order valence-corrected chi connectivity index (χ2v) is 21.0. The molecule has 0 heterocycles. The average Bonchev–Trinajstić information content (AvgIpc) is 3.34. The number of allylic oxidation sites excluding steroid dienone is 2. The van der Waals surface area contributed by atoms with Crippen molar-refractivity contribution >= 4 is 17.9 Å². The fourth-order valence-corrected chi connectivity index (χ4v) is 9.38. The van der Waals surface area contributed by atoms with Crippen LogP contribution in [0, 0.1) is 0 Å². The van der Waals surface area contributed by atoms with Crippen LogP contribution in [0.3, 0.4) is 0 Å². The molecule has 0 amide bonds. The molecule has 0 saturated carbocycles. The molecule has 0 aliphatic rings. The van der Waals surface area contributed by atoms with Gasteiger partial charge in [-0.3, -0.25) is 14.4 Å². The molecule has 0 spiro atoms. The summed E-state index contributed by atoms with van der Waals surface area (Å²) in [5.41, 5.74) is 0. The lowest BCUT2D eigenvalue weighted by Gasteiger charge is -2.18. The lowest BCUT2D eigenvalue weighted by molar-refractivity contribution is -0.167. The minimum absolute atomic E-state index is 0.0642. The van der Waals surface area contributed by atoms with E-state index in [9.17, 15) is 14.4 Å². The maximum absolute atomic E-state index is 12.8. The van der Waals surface area contributed by atoms with E-state index in [1.807, 2.05) is 0 Å². The largest absolute Gasteiger partial charge is 0.462 e. The molecule has 6 heteroatoms. The van der Waals surface area contributed by atoms with E-state index in [0.29, 0.717) is 19.3 Å². The molecule has 0 aromatic heterocycles. The minimum atomic E-state index is -0.762. The van der Waals surface area contributed by atoms with Gasteiger partial charge in [0.25, 0.3) is 0 Å². The Labute approximate surface area is 424 Å². The first-order valence-corrected chi connectivity index (χ1v) is 30.7.